The molecule has 4 heterocycles. The number of hydrogen-bond acceptors (Lipinski definition) is 10. The topological polar surface area (TPSA) is 109 Å². The second kappa shape index (κ2) is 11.9. The minimum absolute atomic E-state index is 0.0534. The van der Waals surface area contributed by atoms with Crippen LogP contribution < -0.4 is 15.2 Å². The zero-order chi connectivity index (χ0) is 30.2. The molecule has 11 nitrogen and oxygen atoms in total. The molecule has 14 heteroatoms. The molecular formula is C29H27F2N3O8S. The van der Waals surface area contributed by atoms with Gasteiger partial charge in [-0.2, -0.15) is 0 Å². The zero-order valence-electron chi connectivity index (χ0n) is 23.2. The fraction of sp³-hybridized carbons (Fsp3) is 0.345. The van der Waals surface area contributed by atoms with E-state index in [1.807, 2.05) is 29.3 Å². The largest absolute Gasteiger partial charge is 0.510 e. The molecule has 1 aromatic heterocycles. The maximum Gasteiger partial charge on any atom is 0.510 e. The van der Waals surface area contributed by atoms with Crippen LogP contribution >= 0.6 is 11.8 Å². The van der Waals surface area contributed by atoms with Gasteiger partial charge in [0.1, 0.15) is 6.17 Å². The van der Waals surface area contributed by atoms with Crippen LogP contribution in [0, 0.1) is 11.6 Å². The van der Waals surface area contributed by atoms with Gasteiger partial charge in [-0.25, -0.2) is 13.6 Å². The van der Waals surface area contributed by atoms with E-state index in [9.17, 15) is 18.8 Å². The first-order valence-corrected chi connectivity index (χ1v) is 14.3. The third-order valence-electron chi connectivity index (χ3n) is 7.57. The molecule has 3 aliphatic rings. The molecule has 0 saturated carbocycles. The van der Waals surface area contributed by atoms with Crippen LogP contribution in [0.5, 0.6) is 5.75 Å². The predicted molar refractivity (Wildman–Crippen MR) is 149 cm³/mol. The maximum atomic E-state index is 15.4. The summed E-state index contributed by atoms with van der Waals surface area (Å²) in [6, 6.07) is 10.6. The van der Waals surface area contributed by atoms with Crippen molar-refractivity contribution >= 4 is 23.8 Å². The summed E-state index contributed by atoms with van der Waals surface area (Å²) in [5, 5.41) is 1.81. The number of benzene rings is 2. The highest BCUT2D eigenvalue weighted by Crippen LogP contribution is 2.45. The number of thioether (sulfide) groups is 1. The Labute approximate surface area is 248 Å². The van der Waals surface area contributed by atoms with Gasteiger partial charge in [0.2, 0.25) is 18.0 Å². The molecule has 2 aromatic carbocycles. The molecule has 1 amide bonds. The summed E-state index contributed by atoms with van der Waals surface area (Å²) in [6.07, 6.45) is -0.789. The number of ether oxygens (including phenoxy) is 5. The van der Waals surface area contributed by atoms with Crippen LogP contribution in [0.4, 0.5) is 13.6 Å². The van der Waals surface area contributed by atoms with E-state index < -0.39 is 54.2 Å². The number of hydrogen-bond donors (Lipinski definition) is 0. The summed E-state index contributed by atoms with van der Waals surface area (Å²) in [5.41, 5.74) is 0.707. The molecule has 3 aromatic rings. The van der Waals surface area contributed by atoms with Crippen molar-refractivity contribution < 1.29 is 42.1 Å². The van der Waals surface area contributed by atoms with Crippen LogP contribution in [0.25, 0.3) is 0 Å². The van der Waals surface area contributed by atoms with Crippen LogP contribution in [0.15, 0.2) is 58.4 Å². The zero-order valence-corrected chi connectivity index (χ0v) is 24.0. The molecule has 0 spiro atoms. The smallest absolute Gasteiger partial charge is 0.451 e. The van der Waals surface area contributed by atoms with Gasteiger partial charge in [-0.05, 0) is 23.3 Å². The first-order valence-electron chi connectivity index (χ1n) is 13.3. The molecule has 226 valence electrons. The Morgan fingerprint density at radius 1 is 1.09 bits per heavy atom. The van der Waals surface area contributed by atoms with Crippen molar-refractivity contribution in [3.05, 3.63) is 92.9 Å². The van der Waals surface area contributed by atoms with Crippen LogP contribution in [-0.4, -0.2) is 74.7 Å². The maximum absolute atomic E-state index is 15.4. The normalized spacial score (nSPS) is 20.7. The molecule has 0 aliphatic carbocycles. The summed E-state index contributed by atoms with van der Waals surface area (Å²) in [6.45, 7) is -0.313. The minimum atomic E-state index is -1.04. The summed E-state index contributed by atoms with van der Waals surface area (Å²) < 4.78 is 57.6. The lowest BCUT2D eigenvalue weighted by atomic mass is 9.93. The standard InChI is InChI=1S/C29H27F2N3O8S/c1-38-12-16-11-32-23(13-40-16)34(33-10-9-21(35)27(26(33)28(32)36)41-15-42-29(37)39-2)25-17-7-8-20(30)24(31)19(17)14-43-22-6-4-3-5-18(22)25/h3-10,16,23,25H,11-15H2,1-2H3/t16?,23-,25+/m1/s1. The Balaban J connectivity index is 1.57. The van der Waals surface area contributed by atoms with Gasteiger partial charge in [-0.1, -0.05) is 24.3 Å². The van der Waals surface area contributed by atoms with E-state index in [-0.39, 0.29) is 42.5 Å². The summed E-state index contributed by atoms with van der Waals surface area (Å²) >= 11 is 1.38. The number of fused-ring (bicyclic) bond motifs is 4. The highest BCUT2D eigenvalue weighted by molar-refractivity contribution is 7.98. The molecule has 1 unspecified atom stereocenters. The second-order valence-corrected chi connectivity index (χ2v) is 11.0. The fourth-order valence-electron chi connectivity index (χ4n) is 5.69. The predicted octanol–water partition coefficient (Wildman–Crippen LogP) is 3.41. The summed E-state index contributed by atoms with van der Waals surface area (Å²) in [4.78, 5) is 41.1. The molecule has 0 bridgehead atoms. The van der Waals surface area contributed by atoms with E-state index in [4.69, 9.17) is 18.9 Å². The first-order chi connectivity index (χ1) is 20.8. The summed E-state index contributed by atoms with van der Waals surface area (Å²) in [7, 11) is 2.64. The number of carbonyl (C=O) groups excluding carboxylic acids is 2. The van der Waals surface area contributed by atoms with Gasteiger partial charge < -0.3 is 28.6 Å². The monoisotopic (exact) mass is 615 g/mol. The van der Waals surface area contributed by atoms with Crippen molar-refractivity contribution in [2.75, 3.05) is 45.8 Å². The lowest BCUT2D eigenvalue weighted by Crippen LogP contribution is -2.68. The molecule has 0 radical (unpaired) electrons. The molecule has 6 rings (SSSR count). The molecule has 3 atom stereocenters. The first kappa shape index (κ1) is 29.0. The van der Waals surface area contributed by atoms with Crippen molar-refractivity contribution in [3.8, 4) is 5.75 Å². The van der Waals surface area contributed by atoms with Crippen LogP contribution in [0.1, 0.15) is 33.2 Å². The van der Waals surface area contributed by atoms with E-state index in [2.05, 4.69) is 4.74 Å². The minimum Gasteiger partial charge on any atom is -0.451 e. The van der Waals surface area contributed by atoms with Crippen molar-refractivity contribution in [2.24, 2.45) is 0 Å². The van der Waals surface area contributed by atoms with Gasteiger partial charge in [0.15, 0.2) is 17.3 Å². The van der Waals surface area contributed by atoms with Gasteiger partial charge in [-0.3, -0.25) is 19.3 Å². The number of pyridine rings is 1. The third-order valence-corrected chi connectivity index (χ3v) is 8.69. The van der Waals surface area contributed by atoms with E-state index in [0.29, 0.717) is 5.56 Å². The Morgan fingerprint density at radius 3 is 2.70 bits per heavy atom. The number of nitrogens with zero attached hydrogens (tertiary/aromatic N) is 3. The Kier molecular flexibility index (Phi) is 7.99. The van der Waals surface area contributed by atoms with Gasteiger partial charge in [0.25, 0.3) is 5.91 Å². The molecular weight excluding hydrogens is 588 g/mol. The van der Waals surface area contributed by atoms with Gasteiger partial charge in [0, 0.05) is 35.6 Å². The van der Waals surface area contributed by atoms with Crippen LogP contribution in [0.2, 0.25) is 0 Å². The number of carbonyl (C=O) groups is 2. The molecule has 1 fully saturated rings. The van der Waals surface area contributed by atoms with Crippen molar-refractivity contribution in [2.45, 2.75) is 29.0 Å². The van der Waals surface area contributed by atoms with E-state index in [1.165, 1.54) is 35.8 Å². The van der Waals surface area contributed by atoms with E-state index in [1.54, 1.807) is 11.0 Å². The molecule has 43 heavy (non-hydrogen) atoms. The lowest BCUT2D eigenvalue weighted by molar-refractivity contribution is -0.0875. The fourth-order valence-corrected chi connectivity index (χ4v) is 6.80. The number of morpholine rings is 1. The van der Waals surface area contributed by atoms with Gasteiger partial charge in [-0.15, -0.1) is 11.8 Å². The molecule has 3 aliphatic heterocycles. The number of rotatable bonds is 6. The quantitative estimate of drug-likeness (QED) is 0.303. The number of halogens is 2. The van der Waals surface area contributed by atoms with E-state index in [0.717, 1.165) is 23.6 Å². The van der Waals surface area contributed by atoms with Crippen LogP contribution in [-0.2, 0) is 24.7 Å². The van der Waals surface area contributed by atoms with Crippen molar-refractivity contribution in [3.63, 3.8) is 0 Å². The average Bonchev–Trinajstić information content (AvgIpc) is 3.18. The van der Waals surface area contributed by atoms with Gasteiger partial charge in [0.05, 0.1) is 39.0 Å². The third kappa shape index (κ3) is 5.08. The Morgan fingerprint density at radius 2 is 1.91 bits per heavy atom. The Hall–Kier alpha value is -4.14. The SMILES string of the molecule is COCC1CN2C(=O)c3c(OCOC(=O)OC)c(=O)ccn3N([C@@H]3c4ccccc4SCc4c3ccc(F)c4F)[C@@H]2CO1. The van der Waals surface area contributed by atoms with Crippen molar-refractivity contribution in [1.82, 2.24) is 9.58 Å². The van der Waals surface area contributed by atoms with Gasteiger partial charge >= 0.3 is 6.16 Å². The number of amides is 1. The molecule has 1 saturated heterocycles. The molecule has 0 N–H and O–H groups in total. The number of aromatic nitrogens is 1. The Bertz CT molecular complexity index is 1640. The highest BCUT2D eigenvalue weighted by Gasteiger charge is 2.48. The highest BCUT2D eigenvalue weighted by atomic mass is 32.2. The van der Waals surface area contributed by atoms with E-state index >= 15 is 4.39 Å². The summed E-state index contributed by atoms with van der Waals surface area (Å²) in [5.74, 6) is -2.62. The number of methoxy groups -OCH3 is 2. The second-order valence-electron chi connectivity index (χ2n) is 9.95. The van der Waals surface area contributed by atoms with Crippen molar-refractivity contribution in [1.29, 1.82) is 0 Å². The average molecular weight is 616 g/mol. The lowest BCUT2D eigenvalue weighted by Gasteiger charge is -2.52. The van der Waals surface area contributed by atoms with Crippen LogP contribution in [0.3, 0.4) is 0 Å².